The molecular weight excluding hydrogens is 317 g/mol. The Hall–Kier alpha value is -2.18. The molecule has 0 atom stereocenters. The van der Waals surface area contributed by atoms with Crippen LogP contribution < -0.4 is 9.47 Å². The standard InChI is InChI=1S/C17H22FNO5/c1-17(10-19-21)6-4-11(5-7-17)24-15-8-12(16(20)23-3)14(22-2)9-13(15)18/h8-9,11H,4-7,10H2,1-3H3/t11-,17+. The maximum atomic E-state index is 14.2. The van der Waals surface area contributed by atoms with E-state index in [-0.39, 0.29) is 35.1 Å². The highest BCUT2D eigenvalue weighted by Crippen LogP contribution is 2.38. The van der Waals surface area contributed by atoms with Crippen molar-refractivity contribution in [1.29, 1.82) is 0 Å². The third kappa shape index (κ3) is 4.01. The van der Waals surface area contributed by atoms with Crippen LogP contribution in [0.4, 0.5) is 4.39 Å². The van der Waals surface area contributed by atoms with Crippen LogP contribution in [0, 0.1) is 16.1 Å². The van der Waals surface area contributed by atoms with Crippen LogP contribution in [0.3, 0.4) is 0 Å². The molecule has 1 aliphatic carbocycles. The number of ether oxygens (including phenoxy) is 3. The summed E-state index contributed by atoms with van der Waals surface area (Å²) in [6.07, 6.45) is 2.80. The molecule has 0 bridgehead atoms. The highest BCUT2D eigenvalue weighted by Gasteiger charge is 2.33. The maximum absolute atomic E-state index is 14.2. The summed E-state index contributed by atoms with van der Waals surface area (Å²) in [7, 11) is 2.60. The molecule has 1 fully saturated rings. The van der Waals surface area contributed by atoms with Gasteiger partial charge < -0.3 is 14.2 Å². The van der Waals surface area contributed by atoms with Crippen LogP contribution in [-0.4, -0.2) is 32.8 Å². The van der Waals surface area contributed by atoms with Gasteiger partial charge in [-0.05, 0) is 31.1 Å². The molecule has 1 aromatic carbocycles. The predicted octanol–water partition coefficient (Wildman–Crippen LogP) is 3.72. The van der Waals surface area contributed by atoms with Gasteiger partial charge in [0.15, 0.2) is 11.6 Å². The minimum Gasteiger partial charge on any atom is -0.496 e. The van der Waals surface area contributed by atoms with E-state index in [4.69, 9.17) is 9.47 Å². The Morgan fingerprint density at radius 2 is 1.96 bits per heavy atom. The molecule has 1 aliphatic rings. The zero-order valence-electron chi connectivity index (χ0n) is 14.1. The fraction of sp³-hybridized carbons (Fsp3) is 0.588. The minimum absolute atomic E-state index is 0.00156. The van der Waals surface area contributed by atoms with E-state index in [0.717, 1.165) is 18.9 Å². The molecule has 0 unspecified atom stereocenters. The van der Waals surface area contributed by atoms with Crippen molar-refractivity contribution in [2.75, 3.05) is 20.8 Å². The van der Waals surface area contributed by atoms with Gasteiger partial charge in [0, 0.05) is 12.1 Å². The lowest BCUT2D eigenvalue weighted by atomic mass is 9.75. The first-order chi connectivity index (χ1) is 11.4. The second-order valence-corrected chi connectivity index (χ2v) is 6.39. The number of esters is 1. The second-order valence-electron chi connectivity index (χ2n) is 6.39. The van der Waals surface area contributed by atoms with Gasteiger partial charge in [-0.25, -0.2) is 9.18 Å². The topological polar surface area (TPSA) is 74.2 Å². The number of nitroso groups, excluding NO2 is 1. The number of benzene rings is 1. The van der Waals surface area contributed by atoms with Gasteiger partial charge in [0.1, 0.15) is 11.3 Å². The predicted molar refractivity (Wildman–Crippen MR) is 85.9 cm³/mol. The lowest BCUT2D eigenvalue weighted by Gasteiger charge is -2.35. The lowest BCUT2D eigenvalue weighted by molar-refractivity contribution is 0.0594. The number of nitrogens with zero attached hydrogens (tertiary/aromatic N) is 1. The summed E-state index contributed by atoms with van der Waals surface area (Å²) in [5.41, 5.74) is -0.000699. The van der Waals surface area contributed by atoms with Crippen molar-refractivity contribution in [2.45, 2.75) is 38.7 Å². The summed E-state index contributed by atoms with van der Waals surface area (Å²) >= 11 is 0. The molecule has 0 aromatic heterocycles. The number of halogens is 1. The van der Waals surface area contributed by atoms with Gasteiger partial charge in [0.2, 0.25) is 0 Å². The quantitative estimate of drug-likeness (QED) is 0.583. The number of hydrogen-bond donors (Lipinski definition) is 0. The highest BCUT2D eigenvalue weighted by molar-refractivity contribution is 5.93. The fourth-order valence-corrected chi connectivity index (χ4v) is 2.96. The molecule has 0 spiro atoms. The second kappa shape index (κ2) is 7.59. The van der Waals surface area contributed by atoms with Crippen molar-refractivity contribution in [3.63, 3.8) is 0 Å². The minimum atomic E-state index is -0.620. The highest BCUT2D eigenvalue weighted by atomic mass is 19.1. The van der Waals surface area contributed by atoms with Crippen LogP contribution in [-0.2, 0) is 4.74 Å². The SMILES string of the molecule is COC(=O)c1cc(O[C@H]2CC[C@@](C)(CN=O)CC2)c(F)cc1OC. The Balaban J connectivity index is 2.13. The van der Waals surface area contributed by atoms with Crippen molar-refractivity contribution in [3.8, 4) is 11.5 Å². The number of hydrogen-bond acceptors (Lipinski definition) is 6. The van der Waals surface area contributed by atoms with E-state index in [1.54, 1.807) is 0 Å². The molecule has 24 heavy (non-hydrogen) atoms. The third-order valence-corrected chi connectivity index (χ3v) is 4.54. The number of rotatable bonds is 6. The Kier molecular flexibility index (Phi) is 5.75. The van der Waals surface area contributed by atoms with Crippen LogP contribution in [0.25, 0.3) is 0 Å². The summed E-state index contributed by atoms with van der Waals surface area (Å²) < 4.78 is 29.6. The Bertz CT molecular complexity index is 611. The van der Waals surface area contributed by atoms with Crippen LogP contribution in [0.5, 0.6) is 11.5 Å². The molecule has 1 saturated carbocycles. The summed E-state index contributed by atoms with van der Waals surface area (Å²) in [6, 6.07) is 2.42. The van der Waals surface area contributed by atoms with E-state index in [1.165, 1.54) is 20.3 Å². The molecule has 0 heterocycles. The zero-order valence-corrected chi connectivity index (χ0v) is 14.1. The van der Waals surface area contributed by atoms with Crippen LogP contribution in [0.15, 0.2) is 17.3 Å². The Labute approximate surface area is 140 Å². The van der Waals surface area contributed by atoms with Gasteiger partial charge in [0.05, 0.1) is 26.9 Å². The summed E-state index contributed by atoms with van der Waals surface area (Å²) in [4.78, 5) is 22.3. The lowest BCUT2D eigenvalue weighted by Crippen LogP contribution is -2.32. The Morgan fingerprint density at radius 1 is 1.29 bits per heavy atom. The van der Waals surface area contributed by atoms with E-state index in [1.807, 2.05) is 6.92 Å². The van der Waals surface area contributed by atoms with Gasteiger partial charge in [-0.2, -0.15) is 4.91 Å². The summed E-state index contributed by atoms with van der Waals surface area (Å²) in [5.74, 6) is -1.12. The summed E-state index contributed by atoms with van der Waals surface area (Å²) in [5, 5.41) is 3.00. The molecule has 7 heteroatoms. The van der Waals surface area contributed by atoms with Crippen LogP contribution >= 0.6 is 0 Å². The molecule has 0 N–H and O–H groups in total. The monoisotopic (exact) mass is 339 g/mol. The van der Waals surface area contributed by atoms with Crippen molar-refractivity contribution in [3.05, 3.63) is 28.4 Å². The number of methoxy groups -OCH3 is 2. The third-order valence-electron chi connectivity index (χ3n) is 4.54. The van der Waals surface area contributed by atoms with E-state index < -0.39 is 11.8 Å². The molecule has 0 saturated heterocycles. The first-order valence-corrected chi connectivity index (χ1v) is 7.84. The smallest absolute Gasteiger partial charge is 0.341 e. The largest absolute Gasteiger partial charge is 0.496 e. The van der Waals surface area contributed by atoms with Crippen LogP contribution in [0.1, 0.15) is 43.0 Å². The van der Waals surface area contributed by atoms with Gasteiger partial charge >= 0.3 is 5.97 Å². The van der Waals surface area contributed by atoms with Crippen molar-refractivity contribution in [1.82, 2.24) is 0 Å². The van der Waals surface area contributed by atoms with Crippen molar-refractivity contribution >= 4 is 5.97 Å². The maximum Gasteiger partial charge on any atom is 0.341 e. The van der Waals surface area contributed by atoms with Gasteiger partial charge in [0.25, 0.3) is 0 Å². The molecule has 0 aliphatic heterocycles. The van der Waals surface area contributed by atoms with E-state index in [0.29, 0.717) is 12.8 Å². The average molecular weight is 339 g/mol. The van der Waals surface area contributed by atoms with Gasteiger partial charge in [-0.3, -0.25) is 0 Å². The molecule has 2 rings (SSSR count). The normalized spacial score (nSPS) is 23.4. The molecular formula is C17H22FNO5. The van der Waals surface area contributed by atoms with E-state index in [9.17, 15) is 14.1 Å². The van der Waals surface area contributed by atoms with Crippen LogP contribution in [0.2, 0.25) is 0 Å². The van der Waals surface area contributed by atoms with Crippen molar-refractivity contribution < 1.29 is 23.4 Å². The fourth-order valence-electron chi connectivity index (χ4n) is 2.96. The molecule has 132 valence electrons. The number of carbonyl (C=O) groups excluding carboxylic acids is 1. The molecule has 0 radical (unpaired) electrons. The van der Waals surface area contributed by atoms with Gasteiger partial charge in [-0.15, -0.1) is 0 Å². The zero-order chi connectivity index (χ0) is 17.7. The molecule has 1 aromatic rings. The first kappa shape index (κ1) is 18.2. The number of carbonyl (C=O) groups is 1. The van der Waals surface area contributed by atoms with E-state index >= 15 is 0 Å². The van der Waals surface area contributed by atoms with Gasteiger partial charge in [-0.1, -0.05) is 12.1 Å². The summed E-state index contributed by atoms with van der Waals surface area (Å²) in [6.45, 7) is 2.30. The molecule has 0 amide bonds. The average Bonchev–Trinajstić information content (AvgIpc) is 2.57. The molecule has 6 nitrogen and oxygen atoms in total. The Morgan fingerprint density at radius 3 is 2.50 bits per heavy atom. The van der Waals surface area contributed by atoms with E-state index in [2.05, 4.69) is 9.91 Å². The first-order valence-electron chi connectivity index (χ1n) is 7.84. The van der Waals surface area contributed by atoms with Crippen molar-refractivity contribution in [2.24, 2.45) is 10.6 Å².